The molecule has 2 aromatic rings. The number of carboxylic acids is 1. The standard InChI is InChI=1S/C18H20N2O4S/c1-24-13-5-6-14-11(7-13)3-2-4-12(14)8-16(21)19-9-17-20-15(10-25-17)18(22)23/h5-7,10,12H,2-4,8-9H2,1H3,(H,19,21)(H,22,23)/t12-/m1/s1. The Morgan fingerprint density at radius 2 is 2.28 bits per heavy atom. The van der Waals surface area contributed by atoms with Crippen LogP contribution in [0.25, 0.3) is 0 Å². The molecule has 7 heteroatoms. The zero-order valence-electron chi connectivity index (χ0n) is 13.9. The molecule has 1 aliphatic carbocycles. The van der Waals surface area contributed by atoms with Crippen molar-refractivity contribution in [3.63, 3.8) is 0 Å². The zero-order valence-corrected chi connectivity index (χ0v) is 14.8. The first-order valence-corrected chi connectivity index (χ1v) is 9.06. The Kier molecular flexibility index (Phi) is 5.33. The first kappa shape index (κ1) is 17.4. The summed E-state index contributed by atoms with van der Waals surface area (Å²) in [7, 11) is 1.66. The third kappa shape index (κ3) is 4.17. The summed E-state index contributed by atoms with van der Waals surface area (Å²) in [5.41, 5.74) is 2.50. The fourth-order valence-corrected chi connectivity index (χ4v) is 3.90. The summed E-state index contributed by atoms with van der Waals surface area (Å²) < 4.78 is 5.28. The summed E-state index contributed by atoms with van der Waals surface area (Å²) in [5.74, 6) is -0.0359. The van der Waals surface area contributed by atoms with Gasteiger partial charge in [-0.3, -0.25) is 4.79 Å². The molecule has 1 aromatic carbocycles. The number of nitrogens with zero attached hydrogens (tertiary/aromatic N) is 1. The van der Waals surface area contributed by atoms with E-state index in [2.05, 4.69) is 22.4 Å². The van der Waals surface area contributed by atoms with Gasteiger partial charge in [0.25, 0.3) is 0 Å². The third-order valence-electron chi connectivity index (χ3n) is 4.43. The van der Waals surface area contributed by atoms with Crippen molar-refractivity contribution < 1.29 is 19.4 Å². The number of carboxylic acid groups (broad SMARTS) is 1. The van der Waals surface area contributed by atoms with E-state index in [4.69, 9.17) is 9.84 Å². The molecule has 25 heavy (non-hydrogen) atoms. The number of hydrogen-bond donors (Lipinski definition) is 2. The van der Waals surface area contributed by atoms with Crippen LogP contribution in [0.5, 0.6) is 5.75 Å². The van der Waals surface area contributed by atoms with Gasteiger partial charge >= 0.3 is 5.97 Å². The van der Waals surface area contributed by atoms with Crippen LogP contribution in [-0.2, 0) is 17.8 Å². The Morgan fingerprint density at radius 3 is 3.00 bits per heavy atom. The van der Waals surface area contributed by atoms with Crippen molar-refractivity contribution in [3.05, 3.63) is 45.4 Å². The molecule has 0 bridgehead atoms. The number of rotatable bonds is 6. The minimum atomic E-state index is -1.05. The van der Waals surface area contributed by atoms with Gasteiger partial charge in [-0.15, -0.1) is 11.3 Å². The lowest BCUT2D eigenvalue weighted by atomic mass is 9.81. The van der Waals surface area contributed by atoms with Crippen LogP contribution in [-0.4, -0.2) is 29.1 Å². The van der Waals surface area contributed by atoms with Crippen LogP contribution in [0.4, 0.5) is 0 Å². The van der Waals surface area contributed by atoms with Gasteiger partial charge in [0, 0.05) is 11.8 Å². The van der Waals surface area contributed by atoms with Crippen LogP contribution in [0.15, 0.2) is 23.6 Å². The monoisotopic (exact) mass is 360 g/mol. The Labute approximate surface area is 149 Å². The van der Waals surface area contributed by atoms with Gasteiger partial charge in [0.2, 0.25) is 5.91 Å². The predicted molar refractivity (Wildman–Crippen MR) is 94.2 cm³/mol. The summed E-state index contributed by atoms with van der Waals surface area (Å²) in [4.78, 5) is 27.1. The second-order valence-corrected chi connectivity index (χ2v) is 7.01. The molecule has 0 saturated heterocycles. The van der Waals surface area contributed by atoms with Crippen LogP contribution in [0.1, 0.15) is 51.8 Å². The van der Waals surface area contributed by atoms with E-state index in [1.54, 1.807) is 7.11 Å². The smallest absolute Gasteiger partial charge is 0.355 e. The SMILES string of the molecule is COc1ccc2c(c1)CCC[C@@H]2CC(=O)NCc1nc(C(=O)O)cs1. The number of benzene rings is 1. The lowest BCUT2D eigenvalue weighted by Crippen LogP contribution is -2.25. The zero-order chi connectivity index (χ0) is 17.8. The number of aromatic nitrogens is 1. The Bertz CT molecular complexity index is 787. The number of nitrogens with one attached hydrogen (secondary N) is 1. The van der Waals surface area contributed by atoms with Crippen molar-refractivity contribution in [2.45, 2.75) is 38.1 Å². The number of amides is 1. The van der Waals surface area contributed by atoms with E-state index < -0.39 is 5.97 Å². The van der Waals surface area contributed by atoms with Crippen molar-refractivity contribution in [1.29, 1.82) is 0 Å². The number of fused-ring (bicyclic) bond motifs is 1. The second-order valence-electron chi connectivity index (χ2n) is 6.07. The summed E-state index contributed by atoms with van der Waals surface area (Å²) in [5, 5.41) is 13.8. The van der Waals surface area contributed by atoms with Gasteiger partial charge in [-0.05, 0) is 48.4 Å². The van der Waals surface area contributed by atoms with Gasteiger partial charge < -0.3 is 15.2 Å². The van der Waals surface area contributed by atoms with Crippen molar-refractivity contribution in [1.82, 2.24) is 10.3 Å². The molecule has 0 radical (unpaired) electrons. The molecule has 0 fully saturated rings. The number of methoxy groups -OCH3 is 1. The molecule has 132 valence electrons. The Morgan fingerprint density at radius 1 is 1.44 bits per heavy atom. The first-order valence-electron chi connectivity index (χ1n) is 8.18. The molecular formula is C18H20N2O4S. The topological polar surface area (TPSA) is 88.5 Å². The van der Waals surface area contributed by atoms with Crippen LogP contribution in [0.2, 0.25) is 0 Å². The highest BCUT2D eigenvalue weighted by Gasteiger charge is 2.23. The highest BCUT2D eigenvalue weighted by Crippen LogP contribution is 2.35. The molecule has 1 aromatic heterocycles. The molecule has 1 heterocycles. The normalized spacial score (nSPS) is 16.1. The van der Waals surface area contributed by atoms with E-state index in [0.29, 0.717) is 11.4 Å². The number of hydrogen-bond acceptors (Lipinski definition) is 5. The van der Waals surface area contributed by atoms with Gasteiger partial charge in [-0.1, -0.05) is 6.07 Å². The molecule has 6 nitrogen and oxygen atoms in total. The van der Waals surface area contributed by atoms with E-state index in [9.17, 15) is 9.59 Å². The molecular weight excluding hydrogens is 340 g/mol. The summed E-state index contributed by atoms with van der Waals surface area (Å²) >= 11 is 1.24. The molecule has 0 aliphatic heterocycles. The molecule has 2 N–H and O–H groups in total. The van der Waals surface area contributed by atoms with Crippen LogP contribution < -0.4 is 10.1 Å². The van der Waals surface area contributed by atoms with E-state index in [1.165, 1.54) is 27.8 Å². The highest BCUT2D eigenvalue weighted by molar-refractivity contribution is 7.09. The maximum absolute atomic E-state index is 12.3. The van der Waals surface area contributed by atoms with Gasteiger partial charge in [0.15, 0.2) is 5.69 Å². The fourth-order valence-electron chi connectivity index (χ4n) is 3.19. The second kappa shape index (κ2) is 7.65. The molecule has 0 saturated carbocycles. The van der Waals surface area contributed by atoms with E-state index in [0.717, 1.165) is 25.0 Å². The fraction of sp³-hybridized carbons (Fsp3) is 0.389. The van der Waals surface area contributed by atoms with Crippen LogP contribution in [0.3, 0.4) is 0 Å². The highest BCUT2D eigenvalue weighted by atomic mass is 32.1. The number of carbonyl (C=O) groups excluding carboxylic acids is 1. The average molecular weight is 360 g/mol. The van der Waals surface area contributed by atoms with Gasteiger partial charge in [-0.2, -0.15) is 0 Å². The minimum absolute atomic E-state index is 0.0180. The number of ether oxygens (including phenoxy) is 1. The van der Waals surface area contributed by atoms with Gasteiger partial charge in [0.1, 0.15) is 10.8 Å². The quantitative estimate of drug-likeness (QED) is 0.827. The summed E-state index contributed by atoms with van der Waals surface area (Å²) in [6, 6.07) is 6.06. The maximum Gasteiger partial charge on any atom is 0.355 e. The molecule has 1 aliphatic rings. The summed E-state index contributed by atoms with van der Waals surface area (Å²) in [6.07, 6.45) is 3.50. The number of aromatic carboxylic acids is 1. The van der Waals surface area contributed by atoms with Crippen molar-refractivity contribution in [2.24, 2.45) is 0 Å². The molecule has 3 rings (SSSR count). The minimum Gasteiger partial charge on any atom is -0.497 e. The summed E-state index contributed by atoms with van der Waals surface area (Å²) in [6.45, 7) is 0.263. The van der Waals surface area contributed by atoms with Crippen LogP contribution >= 0.6 is 11.3 Å². The van der Waals surface area contributed by atoms with Crippen molar-refractivity contribution >= 4 is 23.2 Å². The van der Waals surface area contributed by atoms with Crippen LogP contribution in [0, 0.1) is 0 Å². The largest absolute Gasteiger partial charge is 0.497 e. The number of thiazole rings is 1. The van der Waals surface area contributed by atoms with E-state index in [-0.39, 0.29) is 24.1 Å². The van der Waals surface area contributed by atoms with Crippen molar-refractivity contribution in [2.75, 3.05) is 7.11 Å². The van der Waals surface area contributed by atoms with Crippen molar-refractivity contribution in [3.8, 4) is 5.75 Å². The van der Waals surface area contributed by atoms with E-state index >= 15 is 0 Å². The molecule has 0 spiro atoms. The molecule has 1 atom stereocenters. The van der Waals surface area contributed by atoms with Gasteiger partial charge in [0.05, 0.1) is 13.7 Å². The number of aryl methyl sites for hydroxylation is 1. The lowest BCUT2D eigenvalue weighted by molar-refractivity contribution is -0.121. The molecule has 1 amide bonds. The first-order chi connectivity index (χ1) is 12.1. The average Bonchev–Trinajstić information content (AvgIpc) is 3.09. The van der Waals surface area contributed by atoms with E-state index in [1.807, 2.05) is 6.07 Å². The Hall–Kier alpha value is -2.41. The Balaban J connectivity index is 1.59. The maximum atomic E-state index is 12.3. The lowest BCUT2D eigenvalue weighted by Gasteiger charge is -2.25. The predicted octanol–water partition coefficient (Wildman–Crippen LogP) is 2.98. The number of carbonyl (C=O) groups is 2. The third-order valence-corrected chi connectivity index (χ3v) is 5.28. The van der Waals surface area contributed by atoms with Gasteiger partial charge in [-0.25, -0.2) is 9.78 Å². The molecule has 0 unspecified atom stereocenters.